The number of hydrogen-bond acceptors (Lipinski definition) is 3. The number of amides is 1. The van der Waals surface area contributed by atoms with E-state index in [9.17, 15) is 9.59 Å². The van der Waals surface area contributed by atoms with Crippen LogP contribution in [-0.2, 0) is 9.59 Å². The minimum Gasteiger partial charge on any atom is -0.474 e. The molecule has 0 radical (unpaired) electrons. The summed E-state index contributed by atoms with van der Waals surface area (Å²) in [4.78, 5) is 26.2. The number of piperazine rings is 1. The maximum Gasteiger partial charge on any atom is 0.394 e. The van der Waals surface area contributed by atoms with Gasteiger partial charge in [0.05, 0.1) is 6.04 Å². The van der Waals surface area contributed by atoms with Crippen LogP contribution in [0.5, 0.6) is 0 Å². The minimum absolute atomic E-state index is 0.0217. The van der Waals surface area contributed by atoms with E-state index in [0.717, 1.165) is 11.1 Å². The average Bonchev–Trinajstić information content (AvgIpc) is 2.65. The lowest BCUT2D eigenvalue weighted by molar-refractivity contribution is -0.156. The zero-order valence-corrected chi connectivity index (χ0v) is 15.5. The van der Waals surface area contributed by atoms with Gasteiger partial charge in [-0.15, -0.1) is 0 Å². The van der Waals surface area contributed by atoms with E-state index in [1.165, 1.54) is 4.90 Å². The monoisotopic (exact) mass is 392 g/mol. The first kappa shape index (κ1) is 18.7. The summed E-state index contributed by atoms with van der Waals surface area (Å²) in [5.41, 5.74) is 2.16. The van der Waals surface area contributed by atoms with E-state index in [4.69, 9.17) is 28.3 Å². The Labute approximate surface area is 161 Å². The highest BCUT2D eigenvalue weighted by atomic mass is 35.5. The fourth-order valence-corrected chi connectivity index (χ4v) is 3.47. The van der Waals surface area contributed by atoms with Crippen LogP contribution in [0.2, 0.25) is 10.0 Å². The highest BCUT2D eigenvalue weighted by Gasteiger charge is 2.30. The quantitative estimate of drug-likeness (QED) is 0.813. The molecule has 1 aliphatic heterocycles. The van der Waals surface area contributed by atoms with Crippen molar-refractivity contribution in [1.29, 1.82) is 0 Å². The number of hydrogen-bond donors (Lipinski definition) is 1. The van der Waals surface area contributed by atoms with Crippen LogP contribution >= 0.6 is 23.2 Å². The summed E-state index contributed by atoms with van der Waals surface area (Å²) >= 11 is 12.0. The lowest BCUT2D eigenvalue weighted by atomic mass is 9.96. The molecule has 1 heterocycles. The predicted molar refractivity (Wildman–Crippen MR) is 101 cm³/mol. The summed E-state index contributed by atoms with van der Waals surface area (Å²) in [7, 11) is 0. The summed E-state index contributed by atoms with van der Waals surface area (Å²) in [6.45, 7) is 1.91. The Morgan fingerprint density at radius 1 is 0.808 bits per heavy atom. The average molecular weight is 393 g/mol. The maximum absolute atomic E-state index is 11.7. The molecular weight excluding hydrogens is 375 g/mol. The highest BCUT2D eigenvalue weighted by Crippen LogP contribution is 2.31. The Bertz CT molecular complexity index is 740. The number of halogens is 2. The molecule has 2 aromatic carbocycles. The second-order valence-electron chi connectivity index (χ2n) is 6.14. The maximum atomic E-state index is 11.7. The Morgan fingerprint density at radius 3 is 1.62 bits per heavy atom. The third-order valence-corrected chi connectivity index (χ3v) is 5.03. The fraction of sp³-hybridized carbons (Fsp3) is 0.263. The second kappa shape index (κ2) is 8.08. The first-order valence-electron chi connectivity index (χ1n) is 8.23. The Balaban J connectivity index is 1.85. The van der Waals surface area contributed by atoms with Crippen molar-refractivity contribution in [2.75, 3.05) is 26.2 Å². The zero-order chi connectivity index (χ0) is 18.7. The Kier molecular flexibility index (Phi) is 5.81. The molecule has 7 heteroatoms. The topological polar surface area (TPSA) is 60.9 Å². The number of aliphatic carboxylic acids is 1. The van der Waals surface area contributed by atoms with Gasteiger partial charge in [0.1, 0.15) is 0 Å². The Morgan fingerprint density at radius 2 is 1.23 bits per heavy atom. The fourth-order valence-electron chi connectivity index (χ4n) is 3.22. The molecule has 1 N–H and O–H groups in total. The van der Waals surface area contributed by atoms with Crippen LogP contribution in [0.15, 0.2) is 48.5 Å². The smallest absolute Gasteiger partial charge is 0.394 e. The van der Waals surface area contributed by atoms with Crippen LogP contribution in [0.25, 0.3) is 0 Å². The first-order chi connectivity index (χ1) is 12.5. The number of carbonyl (C=O) groups is 2. The van der Waals surface area contributed by atoms with E-state index in [-0.39, 0.29) is 6.04 Å². The molecule has 1 amide bonds. The molecule has 1 saturated heterocycles. The van der Waals surface area contributed by atoms with Gasteiger partial charge in [-0.25, -0.2) is 4.79 Å². The van der Waals surface area contributed by atoms with Gasteiger partial charge >= 0.3 is 11.9 Å². The van der Waals surface area contributed by atoms with E-state index in [2.05, 4.69) is 4.90 Å². The molecule has 0 saturated carbocycles. The van der Waals surface area contributed by atoms with Crippen LogP contribution in [0.1, 0.15) is 17.2 Å². The van der Waals surface area contributed by atoms with E-state index >= 15 is 0 Å². The van der Waals surface area contributed by atoms with Gasteiger partial charge in [0.2, 0.25) is 0 Å². The van der Waals surface area contributed by atoms with Gasteiger partial charge in [0.25, 0.3) is 0 Å². The van der Waals surface area contributed by atoms with Crippen molar-refractivity contribution >= 4 is 35.1 Å². The molecule has 2 aromatic rings. The van der Waals surface area contributed by atoms with Crippen LogP contribution in [0, 0.1) is 0 Å². The van der Waals surface area contributed by atoms with E-state index < -0.39 is 11.9 Å². The third kappa shape index (κ3) is 4.18. The highest BCUT2D eigenvalue weighted by molar-refractivity contribution is 6.31. The number of carbonyl (C=O) groups excluding carboxylic acids is 1. The van der Waals surface area contributed by atoms with E-state index in [1.54, 1.807) is 0 Å². The van der Waals surface area contributed by atoms with Crippen LogP contribution < -0.4 is 0 Å². The molecular formula is C19H18Cl2N2O3. The van der Waals surface area contributed by atoms with Crippen molar-refractivity contribution in [2.24, 2.45) is 0 Å². The molecule has 3 rings (SSSR count). The Hall–Kier alpha value is -2.08. The van der Waals surface area contributed by atoms with Crippen molar-refractivity contribution < 1.29 is 14.7 Å². The van der Waals surface area contributed by atoms with Gasteiger partial charge in [0, 0.05) is 36.2 Å². The van der Waals surface area contributed by atoms with Gasteiger partial charge in [-0.3, -0.25) is 9.69 Å². The second-order valence-corrected chi connectivity index (χ2v) is 7.01. The molecule has 0 aliphatic carbocycles. The third-order valence-electron chi connectivity index (χ3n) is 4.52. The molecule has 136 valence electrons. The molecule has 0 bridgehead atoms. The number of carboxylic acids is 1. The number of nitrogens with zero attached hydrogens (tertiary/aromatic N) is 2. The SMILES string of the molecule is O=C(O)C(=O)N1CCN(C(c2ccc(Cl)cc2)c2ccc(Cl)cc2)CC1. The number of rotatable bonds is 3. The number of benzene rings is 2. The van der Waals surface area contributed by atoms with Gasteiger partial charge in [-0.05, 0) is 35.4 Å². The molecule has 1 fully saturated rings. The van der Waals surface area contributed by atoms with Crippen molar-refractivity contribution in [3.63, 3.8) is 0 Å². The standard InChI is InChI=1S/C19H18Cl2N2O3/c20-15-5-1-13(2-6-15)17(14-3-7-16(21)8-4-14)22-9-11-23(12-10-22)18(24)19(25)26/h1-8,17H,9-12H2,(H,25,26). The summed E-state index contributed by atoms with van der Waals surface area (Å²) in [6, 6.07) is 15.3. The molecule has 0 aromatic heterocycles. The van der Waals surface area contributed by atoms with Gasteiger partial charge in [-0.1, -0.05) is 47.5 Å². The van der Waals surface area contributed by atoms with Crippen LogP contribution in [0.4, 0.5) is 0 Å². The van der Waals surface area contributed by atoms with Gasteiger partial charge in [0.15, 0.2) is 0 Å². The predicted octanol–water partition coefficient (Wildman–Crippen LogP) is 3.31. The van der Waals surface area contributed by atoms with Crippen LogP contribution in [0.3, 0.4) is 0 Å². The summed E-state index contributed by atoms with van der Waals surface area (Å²) in [5, 5.41) is 10.2. The van der Waals surface area contributed by atoms with Crippen molar-refractivity contribution in [3.8, 4) is 0 Å². The zero-order valence-electron chi connectivity index (χ0n) is 13.9. The van der Waals surface area contributed by atoms with E-state index in [1.807, 2.05) is 48.5 Å². The largest absolute Gasteiger partial charge is 0.474 e. The first-order valence-corrected chi connectivity index (χ1v) is 8.98. The van der Waals surface area contributed by atoms with Crippen molar-refractivity contribution in [3.05, 3.63) is 69.7 Å². The van der Waals surface area contributed by atoms with Crippen LogP contribution in [-0.4, -0.2) is 53.0 Å². The lowest BCUT2D eigenvalue weighted by Gasteiger charge is -2.39. The molecule has 1 aliphatic rings. The molecule has 0 atom stereocenters. The summed E-state index contributed by atoms with van der Waals surface area (Å²) in [6.07, 6.45) is 0. The summed E-state index contributed by atoms with van der Waals surface area (Å²) in [5.74, 6) is -2.26. The van der Waals surface area contributed by atoms with Crippen molar-refractivity contribution in [1.82, 2.24) is 9.80 Å². The molecule has 0 unspecified atom stereocenters. The molecule has 5 nitrogen and oxygen atoms in total. The molecule has 0 spiro atoms. The lowest BCUT2D eigenvalue weighted by Crippen LogP contribution is -2.51. The minimum atomic E-state index is -1.41. The molecule has 26 heavy (non-hydrogen) atoms. The summed E-state index contributed by atoms with van der Waals surface area (Å²) < 4.78 is 0. The normalized spacial score (nSPS) is 15.3. The van der Waals surface area contributed by atoms with E-state index in [0.29, 0.717) is 36.2 Å². The van der Waals surface area contributed by atoms with Gasteiger partial charge in [-0.2, -0.15) is 0 Å². The van der Waals surface area contributed by atoms with Gasteiger partial charge < -0.3 is 10.0 Å². The van der Waals surface area contributed by atoms with Crippen molar-refractivity contribution in [2.45, 2.75) is 6.04 Å². The number of carboxylic acid groups (broad SMARTS) is 1.